The van der Waals surface area contributed by atoms with Crippen LogP contribution in [0, 0.1) is 17.8 Å². The molecule has 3 N–H and O–H groups in total. The fraction of sp³-hybridized carbons (Fsp3) is 0.894. The van der Waals surface area contributed by atoms with E-state index >= 15 is 0 Å². The van der Waals surface area contributed by atoms with Crippen LogP contribution in [0.15, 0.2) is 17.1 Å². The molecule has 0 aromatic heterocycles. The summed E-state index contributed by atoms with van der Waals surface area (Å²) >= 11 is 0. The van der Waals surface area contributed by atoms with Crippen molar-refractivity contribution in [3.8, 4) is 0 Å². The molecule has 18 atom stereocenters. The van der Waals surface area contributed by atoms with Crippen LogP contribution in [-0.4, -0.2) is 170 Å². The summed E-state index contributed by atoms with van der Waals surface area (Å²) in [5.74, 6) is -2.63. The quantitative estimate of drug-likeness (QED) is 0.213. The normalized spacial score (nSPS) is 44.2. The first-order valence-electron chi connectivity index (χ1n) is 23.1. The van der Waals surface area contributed by atoms with Crippen molar-refractivity contribution >= 4 is 18.0 Å². The van der Waals surface area contributed by atoms with Gasteiger partial charge in [-0.25, -0.2) is 4.79 Å². The SMILES string of the molecule is C=C1CO[C@@H]2[C@@H](C)/C(OC)=N\[C@H](C)C[C@@](C)(OC1)[C@H](O[C@@H]1O[C@H](C)C[C@H](N(C)C)[C@H]1O)[C@@H](C)[C@H](O[C@H]1C[C@@](C)(OC)[C@H](NC(=O)OC(C)(C)C)[C@H](C)O1)[C@@H](C)C(=O)O[C@H](CC)[C@@]2(C)O. The molecule has 0 spiro atoms. The summed E-state index contributed by atoms with van der Waals surface area (Å²) in [7, 11) is 6.90. The topological polar surface area (TPSA) is 195 Å². The molecule has 0 aliphatic carbocycles. The number of fused-ring (bicyclic) bond motifs is 14. The third kappa shape index (κ3) is 12.7. The zero-order chi connectivity index (χ0) is 48.3. The molecule has 0 aromatic rings. The Kier molecular flexibility index (Phi) is 18.3. The molecular formula is C47H83N3O14. The monoisotopic (exact) mass is 914 g/mol. The number of likely N-dealkylation sites (N-methyl/N-ethyl adjacent to an activating group) is 1. The van der Waals surface area contributed by atoms with E-state index in [4.69, 9.17) is 52.4 Å². The first kappa shape index (κ1) is 54.2. The Balaban J connectivity index is 1.93. The van der Waals surface area contributed by atoms with E-state index in [2.05, 4.69) is 11.9 Å². The number of nitrogens with one attached hydrogen (secondary N) is 1. The number of alkyl carbamates (subject to hydrolysis) is 1. The number of ether oxygens (including phenoxy) is 10. The summed E-state index contributed by atoms with van der Waals surface area (Å²) in [6.07, 6.45) is -7.43. The molecule has 3 fully saturated rings. The molecule has 3 saturated heterocycles. The number of aliphatic hydroxyl groups excluding tert-OH is 1. The number of carbonyl (C=O) groups is 2. The first-order chi connectivity index (χ1) is 29.6. The summed E-state index contributed by atoms with van der Waals surface area (Å²) in [6, 6.07) is -1.39. The maximum absolute atomic E-state index is 14.8. The highest BCUT2D eigenvalue weighted by molar-refractivity contribution is 5.79. The average molecular weight is 914 g/mol. The number of carbonyl (C=O) groups excluding carboxylic acids is 2. The van der Waals surface area contributed by atoms with Crippen LogP contribution in [0.25, 0.3) is 0 Å². The van der Waals surface area contributed by atoms with Crippen molar-refractivity contribution in [1.29, 1.82) is 0 Å². The fourth-order valence-corrected chi connectivity index (χ4v) is 10.1. The van der Waals surface area contributed by atoms with Gasteiger partial charge in [0.15, 0.2) is 18.5 Å². The van der Waals surface area contributed by atoms with E-state index in [0.717, 1.165) is 0 Å². The van der Waals surface area contributed by atoms with E-state index in [1.165, 1.54) is 7.11 Å². The van der Waals surface area contributed by atoms with E-state index in [0.29, 0.717) is 17.9 Å². The van der Waals surface area contributed by atoms with Crippen molar-refractivity contribution in [2.24, 2.45) is 22.7 Å². The summed E-state index contributed by atoms with van der Waals surface area (Å²) in [6.45, 7) is 28.1. The van der Waals surface area contributed by atoms with Gasteiger partial charge in [0.2, 0.25) is 0 Å². The van der Waals surface area contributed by atoms with Gasteiger partial charge in [0.1, 0.15) is 29.5 Å². The molecule has 5 rings (SSSR count). The van der Waals surface area contributed by atoms with E-state index in [1.807, 2.05) is 74.4 Å². The minimum atomic E-state index is -1.74. The molecule has 2 bridgehead atoms. The predicted molar refractivity (Wildman–Crippen MR) is 240 cm³/mol. The maximum Gasteiger partial charge on any atom is 0.408 e. The number of hydrogen-bond donors (Lipinski definition) is 3. The number of rotatable bonds is 8. The lowest BCUT2D eigenvalue weighted by Gasteiger charge is -2.50. The summed E-state index contributed by atoms with van der Waals surface area (Å²) in [5.41, 5.74) is -4.13. The highest BCUT2D eigenvalue weighted by atomic mass is 16.7. The van der Waals surface area contributed by atoms with Gasteiger partial charge in [0, 0.05) is 31.9 Å². The highest BCUT2D eigenvalue weighted by Gasteiger charge is 2.54. The number of amides is 1. The molecule has 0 saturated carbocycles. The van der Waals surface area contributed by atoms with Gasteiger partial charge in [-0.2, -0.15) is 0 Å². The van der Waals surface area contributed by atoms with Crippen LogP contribution in [-0.2, 0) is 52.2 Å². The number of aliphatic hydroxyl groups is 2. The second kappa shape index (κ2) is 21.7. The Hall–Kier alpha value is -2.45. The molecule has 5 aliphatic heterocycles. The number of hydrogen-bond acceptors (Lipinski definition) is 16. The Bertz CT molecular complexity index is 1610. The highest BCUT2D eigenvalue weighted by Crippen LogP contribution is 2.42. The van der Waals surface area contributed by atoms with Gasteiger partial charge in [0.25, 0.3) is 0 Å². The van der Waals surface area contributed by atoms with Crippen LogP contribution in [0.1, 0.15) is 116 Å². The zero-order valence-electron chi connectivity index (χ0n) is 41.8. The van der Waals surface area contributed by atoms with Crippen molar-refractivity contribution in [2.45, 2.75) is 212 Å². The predicted octanol–water partition coefficient (Wildman–Crippen LogP) is 5.16. The molecule has 17 nitrogen and oxygen atoms in total. The maximum atomic E-state index is 14.8. The summed E-state index contributed by atoms with van der Waals surface area (Å²) in [5, 5.41) is 27.3. The van der Waals surface area contributed by atoms with Gasteiger partial charge in [-0.05, 0) is 102 Å². The van der Waals surface area contributed by atoms with Crippen molar-refractivity contribution in [3.63, 3.8) is 0 Å². The smallest absolute Gasteiger partial charge is 0.408 e. The number of esters is 1. The van der Waals surface area contributed by atoms with Crippen LogP contribution < -0.4 is 5.32 Å². The molecule has 1 amide bonds. The van der Waals surface area contributed by atoms with Gasteiger partial charge in [-0.15, -0.1) is 0 Å². The third-order valence-electron chi connectivity index (χ3n) is 13.6. The lowest BCUT2D eigenvalue weighted by molar-refractivity contribution is -0.314. The van der Waals surface area contributed by atoms with E-state index < -0.39 is 114 Å². The van der Waals surface area contributed by atoms with Gasteiger partial charge < -0.3 is 67.8 Å². The minimum absolute atomic E-state index is 0.00705. The lowest BCUT2D eigenvalue weighted by atomic mass is 9.78. The molecular weight excluding hydrogens is 831 g/mol. The van der Waals surface area contributed by atoms with Crippen LogP contribution in [0.3, 0.4) is 0 Å². The second-order valence-corrected chi connectivity index (χ2v) is 20.6. The Morgan fingerprint density at radius 1 is 1.00 bits per heavy atom. The fourth-order valence-electron chi connectivity index (χ4n) is 10.1. The van der Waals surface area contributed by atoms with E-state index in [1.54, 1.807) is 41.7 Å². The minimum Gasteiger partial charge on any atom is -0.484 e. The van der Waals surface area contributed by atoms with Crippen molar-refractivity contribution < 1.29 is 67.2 Å². The molecule has 0 unspecified atom stereocenters. The Morgan fingerprint density at radius 3 is 2.23 bits per heavy atom. The number of aliphatic imine (C=N–C) groups is 1. The molecule has 370 valence electrons. The number of methoxy groups -OCH3 is 2. The standard InChI is InChI=1S/C47H83N3O14/c1-19-33-47(14,54)39-30(7)40(55-17)48-26(3)21-46(13,58-24-25(2)23-57-39)38(63-42-35(51)32(50(15)16)20-27(4)59-42)28(5)36(29(6)41(52)61-33)62-34-22-45(12,56-18)37(31(8)60-34)49-43(53)64-44(9,10)11/h26-39,42,51,54H,2,19-24H2,1,3-18H3,(H,49,53)/b48-40+/t26-,27-,28+,29-,30-,31+,32+,33-,34+,35-,36+,37-,38-,39-,42+,45-,46-,47-/m1/s1. The third-order valence-corrected chi connectivity index (χ3v) is 13.6. The molecule has 0 aromatic carbocycles. The van der Waals surface area contributed by atoms with Crippen molar-refractivity contribution in [2.75, 3.05) is 41.5 Å². The van der Waals surface area contributed by atoms with Gasteiger partial charge >= 0.3 is 12.1 Å². The Morgan fingerprint density at radius 2 is 1.66 bits per heavy atom. The summed E-state index contributed by atoms with van der Waals surface area (Å²) in [4.78, 5) is 34.9. The largest absolute Gasteiger partial charge is 0.484 e. The molecule has 5 heterocycles. The first-order valence-corrected chi connectivity index (χ1v) is 23.1. The van der Waals surface area contributed by atoms with Crippen LogP contribution in [0.5, 0.6) is 0 Å². The van der Waals surface area contributed by atoms with Crippen molar-refractivity contribution in [3.05, 3.63) is 12.2 Å². The number of nitrogens with zero attached hydrogens (tertiary/aromatic N) is 2. The molecule has 5 aliphatic rings. The lowest BCUT2D eigenvalue weighted by Crippen LogP contribution is -2.64. The summed E-state index contributed by atoms with van der Waals surface area (Å²) < 4.78 is 64.5. The van der Waals surface area contributed by atoms with Crippen LogP contribution in [0.2, 0.25) is 0 Å². The van der Waals surface area contributed by atoms with Gasteiger partial charge in [0.05, 0.1) is 79.9 Å². The van der Waals surface area contributed by atoms with Crippen LogP contribution >= 0.6 is 0 Å². The average Bonchev–Trinajstić information content (AvgIpc) is 3.19. The Labute approximate surface area is 382 Å². The van der Waals surface area contributed by atoms with E-state index in [-0.39, 0.29) is 44.6 Å². The second-order valence-electron chi connectivity index (χ2n) is 20.6. The molecule has 17 heteroatoms. The zero-order valence-corrected chi connectivity index (χ0v) is 41.8. The van der Waals surface area contributed by atoms with Crippen molar-refractivity contribution in [1.82, 2.24) is 10.2 Å². The van der Waals surface area contributed by atoms with Crippen LogP contribution in [0.4, 0.5) is 4.79 Å². The molecule has 64 heavy (non-hydrogen) atoms. The van der Waals surface area contributed by atoms with Gasteiger partial charge in [-0.1, -0.05) is 27.4 Å². The molecule has 0 radical (unpaired) electrons. The van der Waals surface area contributed by atoms with Gasteiger partial charge in [-0.3, -0.25) is 9.79 Å². The van der Waals surface area contributed by atoms with E-state index in [9.17, 15) is 19.8 Å².